The number of rotatable bonds is 6. The van der Waals surface area contributed by atoms with Crippen molar-refractivity contribution in [2.75, 3.05) is 24.9 Å². The number of aliphatic hydroxyl groups excluding tert-OH is 1. The number of aliphatic hydroxyl groups is 1. The molecule has 2 aromatic rings. The Labute approximate surface area is 134 Å². The Morgan fingerprint density at radius 3 is 1.78 bits per heavy atom. The molecule has 0 aromatic carbocycles. The fourth-order valence-electron chi connectivity index (χ4n) is 2.49. The number of ether oxygens (including phenoxy) is 2. The molecular formula is C16H20N4O3. The van der Waals surface area contributed by atoms with Crippen molar-refractivity contribution in [1.29, 1.82) is 0 Å². The summed E-state index contributed by atoms with van der Waals surface area (Å²) in [6.07, 6.45) is 4.21. The first-order valence-electron chi connectivity index (χ1n) is 7.40. The zero-order valence-corrected chi connectivity index (χ0v) is 13.1. The van der Waals surface area contributed by atoms with E-state index in [2.05, 4.69) is 20.6 Å². The number of nitrogens with one attached hydrogen (secondary N) is 2. The molecule has 0 saturated heterocycles. The van der Waals surface area contributed by atoms with Gasteiger partial charge >= 0.3 is 0 Å². The SMILES string of the molecule is COc1ccc(NC2(Nc3ccc(OC)cn3)CCC2O)nc1. The average Bonchev–Trinajstić information content (AvgIpc) is 2.61. The molecule has 7 heteroatoms. The lowest BCUT2D eigenvalue weighted by atomic mass is 9.81. The van der Waals surface area contributed by atoms with Crippen molar-refractivity contribution in [2.45, 2.75) is 24.6 Å². The van der Waals surface area contributed by atoms with Gasteiger partial charge in [0.15, 0.2) is 0 Å². The topological polar surface area (TPSA) is 88.5 Å². The van der Waals surface area contributed by atoms with Crippen LogP contribution in [0.1, 0.15) is 12.8 Å². The van der Waals surface area contributed by atoms with Crippen LogP contribution in [-0.4, -0.2) is 41.1 Å². The fraction of sp³-hybridized carbons (Fsp3) is 0.375. The number of hydrogen-bond donors (Lipinski definition) is 3. The Hall–Kier alpha value is -2.54. The standard InChI is InChI=1S/C16H20N4O3/c1-22-11-3-5-14(17-9-11)19-16(8-7-13(16)21)20-15-6-4-12(23-2)10-18-15/h3-6,9-10,13,21H,7-8H2,1-2H3,(H,17,19)(H,18,20). The summed E-state index contributed by atoms with van der Waals surface area (Å²) < 4.78 is 10.2. The minimum Gasteiger partial charge on any atom is -0.495 e. The summed E-state index contributed by atoms with van der Waals surface area (Å²) in [6, 6.07) is 7.27. The quantitative estimate of drug-likeness (QED) is 0.701. The molecule has 1 unspecified atom stereocenters. The largest absolute Gasteiger partial charge is 0.495 e. The lowest BCUT2D eigenvalue weighted by Crippen LogP contribution is -2.63. The van der Waals surface area contributed by atoms with E-state index in [-0.39, 0.29) is 0 Å². The molecule has 3 N–H and O–H groups in total. The zero-order valence-electron chi connectivity index (χ0n) is 13.1. The van der Waals surface area contributed by atoms with Crippen molar-refractivity contribution >= 4 is 11.6 Å². The minimum absolute atomic E-state index is 0.532. The van der Waals surface area contributed by atoms with Crippen LogP contribution >= 0.6 is 0 Å². The Balaban J connectivity index is 1.76. The molecule has 0 radical (unpaired) electrons. The molecule has 1 saturated carbocycles. The Morgan fingerprint density at radius 1 is 1.00 bits per heavy atom. The first-order chi connectivity index (χ1) is 11.1. The molecule has 7 nitrogen and oxygen atoms in total. The predicted molar refractivity (Wildman–Crippen MR) is 86.8 cm³/mol. The van der Waals surface area contributed by atoms with Crippen LogP contribution in [0, 0.1) is 0 Å². The number of anilines is 2. The molecule has 2 aromatic heterocycles. The second-order valence-corrected chi connectivity index (χ2v) is 5.44. The van der Waals surface area contributed by atoms with Gasteiger partial charge in [-0.25, -0.2) is 9.97 Å². The first-order valence-corrected chi connectivity index (χ1v) is 7.40. The third kappa shape index (κ3) is 3.14. The maximum Gasteiger partial charge on any atom is 0.137 e. The Bertz CT molecular complexity index is 596. The van der Waals surface area contributed by atoms with Gasteiger partial charge in [0.25, 0.3) is 0 Å². The lowest BCUT2D eigenvalue weighted by Gasteiger charge is -2.48. The number of hydrogen-bond acceptors (Lipinski definition) is 7. The smallest absolute Gasteiger partial charge is 0.137 e. The lowest BCUT2D eigenvalue weighted by molar-refractivity contribution is 0.0279. The Kier molecular flexibility index (Phi) is 4.20. The average molecular weight is 316 g/mol. The van der Waals surface area contributed by atoms with Crippen LogP contribution in [0.4, 0.5) is 11.6 Å². The summed E-state index contributed by atoms with van der Waals surface area (Å²) in [7, 11) is 3.19. The van der Waals surface area contributed by atoms with Gasteiger partial charge in [0.05, 0.1) is 32.7 Å². The van der Waals surface area contributed by atoms with Gasteiger partial charge in [-0.05, 0) is 37.1 Å². The van der Waals surface area contributed by atoms with E-state index < -0.39 is 11.8 Å². The van der Waals surface area contributed by atoms with Gasteiger partial charge in [0.2, 0.25) is 0 Å². The van der Waals surface area contributed by atoms with Gasteiger partial charge in [-0.2, -0.15) is 0 Å². The van der Waals surface area contributed by atoms with E-state index in [4.69, 9.17) is 9.47 Å². The maximum absolute atomic E-state index is 10.3. The van der Waals surface area contributed by atoms with Gasteiger partial charge in [-0.3, -0.25) is 0 Å². The summed E-state index contributed by atoms with van der Waals surface area (Å²) >= 11 is 0. The number of pyridine rings is 2. The molecular weight excluding hydrogens is 296 g/mol. The van der Waals surface area contributed by atoms with Crippen molar-refractivity contribution in [1.82, 2.24) is 9.97 Å². The molecule has 23 heavy (non-hydrogen) atoms. The molecule has 1 aliphatic rings. The van der Waals surface area contributed by atoms with Gasteiger partial charge in [0.1, 0.15) is 28.8 Å². The molecule has 0 amide bonds. The van der Waals surface area contributed by atoms with E-state index in [0.717, 1.165) is 6.42 Å². The summed E-state index contributed by atoms with van der Waals surface area (Å²) in [5.41, 5.74) is -0.677. The van der Waals surface area contributed by atoms with E-state index in [1.165, 1.54) is 0 Å². The third-order valence-corrected chi connectivity index (χ3v) is 4.03. The van der Waals surface area contributed by atoms with Crippen molar-refractivity contribution < 1.29 is 14.6 Å². The highest BCUT2D eigenvalue weighted by Gasteiger charge is 2.46. The van der Waals surface area contributed by atoms with Crippen molar-refractivity contribution in [3.63, 3.8) is 0 Å². The highest BCUT2D eigenvalue weighted by molar-refractivity contribution is 5.49. The molecule has 3 rings (SSSR count). The van der Waals surface area contributed by atoms with Gasteiger partial charge in [-0.1, -0.05) is 0 Å². The monoisotopic (exact) mass is 316 g/mol. The van der Waals surface area contributed by atoms with Gasteiger partial charge < -0.3 is 25.2 Å². The van der Waals surface area contributed by atoms with E-state index in [9.17, 15) is 5.11 Å². The van der Waals surface area contributed by atoms with Crippen LogP contribution in [-0.2, 0) is 0 Å². The predicted octanol–water partition coefficient (Wildman–Crippen LogP) is 1.87. The zero-order chi connectivity index (χ0) is 16.3. The summed E-state index contributed by atoms with van der Waals surface area (Å²) in [4.78, 5) is 8.58. The van der Waals surface area contributed by atoms with Crippen LogP contribution in [0.2, 0.25) is 0 Å². The van der Waals surface area contributed by atoms with E-state index in [0.29, 0.717) is 29.6 Å². The van der Waals surface area contributed by atoms with Crippen LogP contribution in [0.25, 0.3) is 0 Å². The second-order valence-electron chi connectivity index (χ2n) is 5.44. The second kappa shape index (κ2) is 6.29. The fourth-order valence-corrected chi connectivity index (χ4v) is 2.49. The number of methoxy groups -OCH3 is 2. The molecule has 1 aliphatic carbocycles. The highest BCUT2D eigenvalue weighted by Crippen LogP contribution is 2.36. The highest BCUT2D eigenvalue weighted by atomic mass is 16.5. The van der Waals surface area contributed by atoms with Crippen LogP contribution in [0.3, 0.4) is 0 Å². The van der Waals surface area contributed by atoms with E-state index >= 15 is 0 Å². The molecule has 1 atom stereocenters. The molecule has 1 fully saturated rings. The molecule has 0 aliphatic heterocycles. The maximum atomic E-state index is 10.3. The summed E-state index contributed by atoms with van der Waals surface area (Å²) in [6.45, 7) is 0. The number of aromatic nitrogens is 2. The first kappa shape index (κ1) is 15.4. The van der Waals surface area contributed by atoms with Crippen LogP contribution in [0.15, 0.2) is 36.7 Å². The molecule has 122 valence electrons. The third-order valence-electron chi connectivity index (χ3n) is 4.03. The number of nitrogens with zero attached hydrogens (tertiary/aromatic N) is 2. The van der Waals surface area contributed by atoms with Crippen LogP contribution in [0.5, 0.6) is 11.5 Å². The molecule has 0 spiro atoms. The van der Waals surface area contributed by atoms with E-state index in [1.54, 1.807) is 26.6 Å². The van der Waals surface area contributed by atoms with Gasteiger partial charge in [0, 0.05) is 0 Å². The molecule has 2 heterocycles. The summed E-state index contributed by atoms with van der Waals surface area (Å²) in [5.74, 6) is 2.68. The van der Waals surface area contributed by atoms with Crippen molar-refractivity contribution in [3.05, 3.63) is 36.7 Å². The van der Waals surface area contributed by atoms with Crippen molar-refractivity contribution in [3.8, 4) is 11.5 Å². The minimum atomic E-state index is -0.677. The van der Waals surface area contributed by atoms with E-state index in [1.807, 2.05) is 24.3 Å². The van der Waals surface area contributed by atoms with Gasteiger partial charge in [-0.15, -0.1) is 0 Å². The Morgan fingerprint density at radius 2 is 1.52 bits per heavy atom. The van der Waals surface area contributed by atoms with Crippen molar-refractivity contribution in [2.24, 2.45) is 0 Å². The summed E-state index contributed by atoms with van der Waals surface area (Å²) in [5, 5.41) is 16.8. The van der Waals surface area contributed by atoms with Crippen LogP contribution < -0.4 is 20.1 Å². The normalized spacial score (nSPS) is 18.7. The molecule has 0 bridgehead atoms.